The average molecular weight is 585 g/mol. The van der Waals surface area contributed by atoms with Crippen LogP contribution in [0.2, 0.25) is 0 Å². The molecule has 2 N–H and O–H groups in total. The molecule has 4 aromatic rings. The molecule has 42 heavy (non-hydrogen) atoms. The second kappa shape index (κ2) is 13.6. The minimum atomic E-state index is -3.55. The first kappa shape index (κ1) is 30.0. The van der Waals surface area contributed by atoms with Gasteiger partial charge in [0.05, 0.1) is 24.7 Å². The van der Waals surface area contributed by atoms with Gasteiger partial charge in [0.1, 0.15) is 5.75 Å². The van der Waals surface area contributed by atoms with E-state index in [0.717, 1.165) is 22.9 Å². The third-order valence-electron chi connectivity index (χ3n) is 6.23. The molecule has 0 spiro atoms. The molecule has 9 nitrogen and oxygen atoms in total. The van der Waals surface area contributed by atoms with Gasteiger partial charge in [-0.05, 0) is 85.6 Å². The predicted molar refractivity (Wildman–Crippen MR) is 165 cm³/mol. The Hall–Kier alpha value is -4.96. The largest absolute Gasteiger partial charge is 0.484 e. The fraction of sp³-hybridized carbons (Fsp3) is 0.156. The van der Waals surface area contributed by atoms with Gasteiger partial charge in [-0.2, -0.15) is 5.10 Å². The summed E-state index contributed by atoms with van der Waals surface area (Å²) in [5.74, 6) is -0.196. The summed E-state index contributed by atoms with van der Waals surface area (Å²) < 4.78 is 31.8. The van der Waals surface area contributed by atoms with E-state index in [9.17, 15) is 18.0 Å². The first-order valence-corrected chi connectivity index (χ1v) is 15.0. The minimum Gasteiger partial charge on any atom is -0.484 e. The van der Waals surface area contributed by atoms with Crippen molar-refractivity contribution >= 4 is 39.4 Å². The normalized spacial score (nSPS) is 11.2. The van der Waals surface area contributed by atoms with Crippen LogP contribution >= 0.6 is 0 Å². The number of benzene rings is 4. The highest BCUT2D eigenvalue weighted by Gasteiger charge is 2.18. The average Bonchev–Trinajstić information content (AvgIpc) is 2.97. The van der Waals surface area contributed by atoms with Crippen LogP contribution in [0.1, 0.15) is 32.6 Å². The fourth-order valence-electron chi connectivity index (χ4n) is 3.90. The molecule has 0 aliphatic carbocycles. The standard InChI is InChI=1S/C32H32N4O5S/c1-23-4-8-26(9-5-23)21-36(42(3,39)40)29-16-12-27(13-17-29)32(38)35-33-20-25-10-18-30(19-11-25)41-22-31(37)34-28-14-6-24(2)7-15-28/h4-20H,21-22H2,1-3H3,(H,34,37)(H,35,38)/b33-20-. The molecule has 0 aromatic heterocycles. The smallest absolute Gasteiger partial charge is 0.271 e. The molecule has 0 saturated heterocycles. The van der Waals surface area contributed by atoms with E-state index in [0.29, 0.717) is 28.3 Å². The number of hydrogen-bond donors (Lipinski definition) is 2. The number of carbonyl (C=O) groups is 2. The molecule has 0 saturated carbocycles. The van der Waals surface area contributed by atoms with E-state index in [2.05, 4.69) is 15.8 Å². The summed E-state index contributed by atoms with van der Waals surface area (Å²) in [6.45, 7) is 3.99. The molecule has 0 atom stereocenters. The third-order valence-corrected chi connectivity index (χ3v) is 7.37. The van der Waals surface area contributed by atoms with Crippen LogP contribution < -0.4 is 19.8 Å². The second-order valence-electron chi connectivity index (χ2n) is 9.77. The van der Waals surface area contributed by atoms with Gasteiger partial charge in [-0.15, -0.1) is 0 Å². The van der Waals surface area contributed by atoms with Crippen molar-refractivity contribution in [3.63, 3.8) is 0 Å². The molecular formula is C32H32N4O5S. The van der Waals surface area contributed by atoms with Crippen molar-refractivity contribution in [2.24, 2.45) is 5.10 Å². The summed E-state index contributed by atoms with van der Waals surface area (Å²) in [5, 5.41) is 6.77. The summed E-state index contributed by atoms with van der Waals surface area (Å²) in [5.41, 5.74) is 7.70. The van der Waals surface area contributed by atoms with Crippen molar-refractivity contribution in [1.82, 2.24) is 5.43 Å². The number of anilines is 2. The molecule has 4 aromatic carbocycles. The number of hydrogen-bond acceptors (Lipinski definition) is 6. The zero-order valence-electron chi connectivity index (χ0n) is 23.6. The summed E-state index contributed by atoms with van der Waals surface area (Å²) in [6, 6.07) is 28.3. The lowest BCUT2D eigenvalue weighted by atomic mass is 10.1. The zero-order chi connectivity index (χ0) is 30.1. The Morgan fingerprint density at radius 2 is 1.43 bits per heavy atom. The first-order chi connectivity index (χ1) is 20.1. The molecule has 0 unspecified atom stereocenters. The number of ether oxygens (including phenoxy) is 1. The van der Waals surface area contributed by atoms with Gasteiger partial charge in [-0.25, -0.2) is 13.8 Å². The van der Waals surface area contributed by atoms with Gasteiger partial charge < -0.3 is 10.1 Å². The Morgan fingerprint density at radius 3 is 2.02 bits per heavy atom. The predicted octanol–water partition coefficient (Wildman–Crippen LogP) is 5.05. The van der Waals surface area contributed by atoms with Crippen LogP contribution in [0.4, 0.5) is 11.4 Å². The number of carbonyl (C=O) groups excluding carboxylic acids is 2. The highest BCUT2D eigenvalue weighted by Crippen LogP contribution is 2.22. The van der Waals surface area contributed by atoms with Crippen LogP contribution in [-0.4, -0.2) is 39.3 Å². The molecule has 2 amide bonds. The van der Waals surface area contributed by atoms with E-state index < -0.39 is 15.9 Å². The molecule has 0 heterocycles. The Kier molecular flexibility index (Phi) is 9.72. The quantitative estimate of drug-likeness (QED) is 0.189. The van der Waals surface area contributed by atoms with E-state index in [4.69, 9.17) is 4.74 Å². The van der Waals surface area contributed by atoms with Crippen LogP contribution in [-0.2, 0) is 21.4 Å². The fourth-order valence-corrected chi connectivity index (χ4v) is 4.79. The van der Waals surface area contributed by atoms with Crippen LogP contribution in [0.25, 0.3) is 0 Å². The number of nitrogens with one attached hydrogen (secondary N) is 2. The molecule has 0 aliphatic rings. The monoisotopic (exact) mass is 584 g/mol. The summed E-state index contributed by atoms with van der Waals surface area (Å²) in [6.07, 6.45) is 2.63. The van der Waals surface area contributed by atoms with Crippen molar-refractivity contribution in [3.05, 3.63) is 125 Å². The van der Waals surface area contributed by atoms with Gasteiger partial charge in [0.25, 0.3) is 11.8 Å². The lowest BCUT2D eigenvalue weighted by Gasteiger charge is -2.22. The van der Waals surface area contributed by atoms with Crippen molar-refractivity contribution in [1.29, 1.82) is 0 Å². The second-order valence-corrected chi connectivity index (χ2v) is 11.7. The Labute approximate surface area is 245 Å². The number of hydrazone groups is 1. The number of amides is 2. The summed E-state index contributed by atoms with van der Waals surface area (Å²) in [4.78, 5) is 24.7. The maximum absolute atomic E-state index is 12.6. The SMILES string of the molecule is Cc1ccc(CN(c2ccc(C(=O)N/N=C\c3ccc(OCC(=O)Nc4ccc(C)cc4)cc3)cc2)S(C)(=O)=O)cc1. The topological polar surface area (TPSA) is 117 Å². The molecule has 0 bridgehead atoms. The van der Waals surface area contributed by atoms with Crippen LogP contribution in [0.15, 0.2) is 102 Å². The van der Waals surface area contributed by atoms with Crippen LogP contribution in [0.3, 0.4) is 0 Å². The number of rotatable bonds is 11. The van der Waals surface area contributed by atoms with Gasteiger partial charge >= 0.3 is 0 Å². The molecule has 0 fully saturated rings. The van der Waals surface area contributed by atoms with E-state index >= 15 is 0 Å². The van der Waals surface area contributed by atoms with Crippen molar-refractivity contribution in [2.75, 3.05) is 22.5 Å². The van der Waals surface area contributed by atoms with Crippen LogP contribution in [0.5, 0.6) is 5.75 Å². The molecule has 216 valence electrons. The molecule has 4 rings (SSSR count). The maximum Gasteiger partial charge on any atom is 0.271 e. The molecular weight excluding hydrogens is 552 g/mol. The highest BCUT2D eigenvalue weighted by atomic mass is 32.2. The highest BCUT2D eigenvalue weighted by molar-refractivity contribution is 7.92. The van der Waals surface area contributed by atoms with Gasteiger partial charge in [0.2, 0.25) is 10.0 Å². The lowest BCUT2D eigenvalue weighted by Crippen LogP contribution is -2.29. The van der Waals surface area contributed by atoms with Gasteiger partial charge in [0.15, 0.2) is 6.61 Å². The number of sulfonamides is 1. The number of nitrogens with zero attached hydrogens (tertiary/aromatic N) is 2. The van der Waals surface area contributed by atoms with Gasteiger partial charge in [-0.1, -0.05) is 47.5 Å². The molecule has 10 heteroatoms. The zero-order valence-corrected chi connectivity index (χ0v) is 24.4. The van der Waals surface area contributed by atoms with Crippen LogP contribution in [0, 0.1) is 13.8 Å². The van der Waals surface area contributed by atoms with Gasteiger partial charge in [0, 0.05) is 11.3 Å². The molecule has 0 aliphatic heterocycles. The summed E-state index contributed by atoms with van der Waals surface area (Å²) >= 11 is 0. The van der Waals surface area contributed by atoms with Gasteiger partial charge in [-0.3, -0.25) is 13.9 Å². The number of aryl methyl sites for hydroxylation is 2. The lowest BCUT2D eigenvalue weighted by molar-refractivity contribution is -0.118. The Balaban J connectivity index is 1.28. The van der Waals surface area contributed by atoms with Crippen molar-refractivity contribution in [2.45, 2.75) is 20.4 Å². The Morgan fingerprint density at radius 1 is 0.833 bits per heavy atom. The van der Waals surface area contributed by atoms with E-state index in [-0.39, 0.29) is 19.1 Å². The summed E-state index contributed by atoms with van der Waals surface area (Å²) in [7, 11) is -3.55. The van der Waals surface area contributed by atoms with E-state index in [1.807, 2.05) is 62.4 Å². The maximum atomic E-state index is 12.6. The minimum absolute atomic E-state index is 0.135. The van der Waals surface area contributed by atoms with Crippen molar-refractivity contribution in [3.8, 4) is 5.75 Å². The first-order valence-electron chi connectivity index (χ1n) is 13.1. The Bertz CT molecular complexity index is 1650. The third kappa shape index (κ3) is 8.77. The van der Waals surface area contributed by atoms with E-state index in [1.54, 1.807) is 48.5 Å². The molecule has 0 radical (unpaired) electrons. The van der Waals surface area contributed by atoms with E-state index in [1.165, 1.54) is 10.5 Å². The van der Waals surface area contributed by atoms with Crippen molar-refractivity contribution < 1.29 is 22.7 Å².